The van der Waals surface area contributed by atoms with Crippen molar-refractivity contribution in [3.05, 3.63) is 50.3 Å². The number of amides is 1. The van der Waals surface area contributed by atoms with E-state index in [1.54, 1.807) is 0 Å². The first kappa shape index (κ1) is 20.5. The van der Waals surface area contributed by atoms with Crippen LogP contribution in [0.2, 0.25) is 4.34 Å². The minimum absolute atomic E-state index is 0.0621. The number of methoxy groups -OCH3 is 1. The molecule has 1 aliphatic rings. The molecule has 1 aliphatic heterocycles. The minimum Gasteiger partial charge on any atom is -0.490 e. The number of halogens is 1. The number of hydrogen-bond donors (Lipinski definition) is 0. The van der Waals surface area contributed by atoms with Crippen molar-refractivity contribution in [1.29, 1.82) is 0 Å². The Hall–Kier alpha value is -2.21. The lowest BCUT2D eigenvalue weighted by Crippen LogP contribution is -2.50. The van der Waals surface area contributed by atoms with Crippen molar-refractivity contribution >= 4 is 44.6 Å². The van der Waals surface area contributed by atoms with Gasteiger partial charge in [0.2, 0.25) is 0 Å². The van der Waals surface area contributed by atoms with Gasteiger partial charge in [-0.3, -0.25) is 14.9 Å². The third-order valence-electron chi connectivity index (χ3n) is 4.29. The Labute approximate surface area is 170 Å². The summed E-state index contributed by atoms with van der Waals surface area (Å²) in [6.45, 7) is 0.609. The fraction of sp³-hybridized carbons (Fsp3) is 0.312. The topological polar surface area (TPSA) is 110 Å². The van der Waals surface area contributed by atoms with E-state index in [0.29, 0.717) is 4.34 Å². The first-order valence-corrected chi connectivity index (χ1v) is 10.7. The zero-order chi connectivity index (χ0) is 20.5. The molecule has 0 aliphatic carbocycles. The quantitative estimate of drug-likeness (QED) is 0.516. The van der Waals surface area contributed by atoms with Gasteiger partial charge in [0, 0.05) is 37.8 Å². The molecule has 0 radical (unpaired) electrons. The van der Waals surface area contributed by atoms with Crippen LogP contribution >= 0.6 is 22.9 Å². The molecule has 0 atom stereocenters. The zero-order valence-corrected chi connectivity index (χ0v) is 17.1. The van der Waals surface area contributed by atoms with Gasteiger partial charge in [-0.1, -0.05) is 11.6 Å². The smallest absolute Gasteiger partial charge is 0.311 e. The number of carbonyl (C=O) groups is 1. The highest BCUT2D eigenvalue weighted by Crippen LogP contribution is 2.30. The molecule has 3 rings (SSSR count). The number of nitro groups is 1. The van der Waals surface area contributed by atoms with Crippen molar-refractivity contribution in [3.8, 4) is 5.75 Å². The molecule has 9 nitrogen and oxygen atoms in total. The summed E-state index contributed by atoms with van der Waals surface area (Å²) in [5.41, 5.74) is -0.155. The Morgan fingerprint density at radius 2 is 1.89 bits per heavy atom. The van der Waals surface area contributed by atoms with Crippen LogP contribution in [0.4, 0.5) is 5.69 Å². The van der Waals surface area contributed by atoms with E-state index in [2.05, 4.69) is 0 Å². The number of thiophene rings is 1. The number of rotatable bonds is 5. The number of ether oxygens (including phenoxy) is 1. The van der Waals surface area contributed by atoms with Crippen LogP contribution in [-0.4, -0.2) is 61.7 Å². The van der Waals surface area contributed by atoms with Crippen LogP contribution in [0.3, 0.4) is 0 Å². The normalized spacial score (nSPS) is 15.4. The van der Waals surface area contributed by atoms with E-state index in [4.69, 9.17) is 16.3 Å². The summed E-state index contributed by atoms with van der Waals surface area (Å²) in [5.74, 6) is -0.339. The van der Waals surface area contributed by atoms with Crippen LogP contribution in [-0.2, 0) is 10.0 Å². The van der Waals surface area contributed by atoms with Gasteiger partial charge in [-0.2, -0.15) is 4.31 Å². The Balaban J connectivity index is 1.72. The maximum atomic E-state index is 12.7. The van der Waals surface area contributed by atoms with Gasteiger partial charge in [-0.15, -0.1) is 11.3 Å². The highest BCUT2D eigenvalue weighted by atomic mass is 35.5. The highest BCUT2D eigenvalue weighted by Gasteiger charge is 2.32. The third kappa shape index (κ3) is 3.97. The van der Waals surface area contributed by atoms with Crippen LogP contribution in [0.25, 0.3) is 0 Å². The number of nitrogens with zero attached hydrogens (tertiary/aromatic N) is 3. The fourth-order valence-electron chi connectivity index (χ4n) is 2.84. The summed E-state index contributed by atoms with van der Waals surface area (Å²) in [6, 6.07) is 6.96. The summed E-state index contributed by atoms with van der Waals surface area (Å²) < 4.78 is 32.0. The van der Waals surface area contributed by atoms with E-state index in [1.807, 2.05) is 0 Å². The molecule has 12 heteroatoms. The second kappa shape index (κ2) is 8.03. The van der Waals surface area contributed by atoms with Crippen molar-refractivity contribution in [2.24, 2.45) is 0 Å². The number of piperazine rings is 1. The van der Waals surface area contributed by atoms with Crippen molar-refractivity contribution in [2.75, 3.05) is 33.3 Å². The van der Waals surface area contributed by atoms with E-state index in [-0.39, 0.29) is 47.4 Å². The number of hydrogen-bond acceptors (Lipinski definition) is 7. The van der Waals surface area contributed by atoms with Gasteiger partial charge >= 0.3 is 5.69 Å². The Morgan fingerprint density at radius 3 is 2.43 bits per heavy atom. The van der Waals surface area contributed by atoms with Gasteiger partial charge in [-0.05, 0) is 24.3 Å². The lowest BCUT2D eigenvalue weighted by molar-refractivity contribution is -0.385. The first-order chi connectivity index (χ1) is 13.2. The summed E-state index contributed by atoms with van der Waals surface area (Å²) in [6.07, 6.45) is 0. The molecule has 2 aromatic rings. The fourth-order valence-corrected chi connectivity index (χ4v) is 5.90. The molecule has 0 N–H and O–H groups in total. The van der Waals surface area contributed by atoms with Crippen LogP contribution in [0.5, 0.6) is 5.75 Å². The largest absolute Gasteiger partial charge is 0.490 e. The third-order valence-corrected chi connectivity index (χ3v) is 7.89. The monoisotopic (exact) mass is 445 g/mol. The number of sulfonamides is 1. The standard InChI is InChI=1S/C16H16ClN3O6S2/c1-26-13-3-2-11(10-12(13)20(22)23)16(21)18-6-8-19(9-7-18)28(24,25)15-5-4-14(17)27-15/h2-5,10H,6-9H2,1H3. The molecule has 2 heterocycles. The Kier molecular flexibility index (Phi) is 5.89. The highest BCUT2D eigenvalue weighted by molar-refractivity contribution is 7.91. The van der Waals surface area contributed by atoms with Crippen LogP contribution in [0.15, 0.2) is 34.5 Å². The minimum atomic E-state index is -3.66. The molecule has 1 amide bonds. The van der Waals surface area contributed by atoms with Gasteiger partial charge < -0.3 is 9.64 Å². The Morgan fingerprint density at radius 1 is 1.21 bits per heavy atom. The van der Waals surface area contributed by atoms with Gasteiger partial charge in [0.1, 0.15) is 4.21 Å². The lowest BCUT2D eigenvalue weighted by Gasteiger charge is -2.33. The van der Waals surface area contributed by atoms with Crippen LogP contribution in [0, 0.1) is 10.1 Å². The lowest BCUT2D eigenvalue weighted by atomic mass is 10.1. The molecule has 150 valence electrons. The molecule has 1 fully saturated rings. The predicted octanol–water partition coefficient (Wildman–Crippen LogP) is 2.47. The molecule has 0 bridgehead atoms. The van der Waals surface area contributed by atoms with Crippen LogP contribution in [0.1, 0.15) is 10.4 Å². The summed E-state index contributed by atoms with van der Waals surface area (Å²) >= 11 is 6.80. The SMILES string of the molecule is COc1ccc(C(=O)N2CCN(S(=O)(=O)c3ccc(Cl)s3)CC2)cc1[N+](=O)[O-]. The first-order valence-electron chi connectivity index (χ1n) is 8.11. The zero-order valence-electron chi connectivity index (χ0n) is 14.7. The van der Waals surface area contributed by atoms with Gasteiger partial charge in [0.25, 0.3) is 15.9 Å². The number of benzene rings is 1. The van der Waals surface area contributed by atoms with Gasteiger partial charge in [0.15, 0.2) is 5.75 Å². The maximum absolute atomic E-state index is 12.7. The number of nitro benzene ring substituents is 1. The van der Waals surface area contributed by atoms with Crippen molar-refractivity contribution in [1.82, 2.24) is 9.21 Å². The van der Waals surface area contributed by atoms with Crippen molar-refractivity contribution < 1.29 is 22.9 Å². The van der Waals surface area contributed by atoms with E-state index < -0.39 is 20.9 Å². The molecule has 0 unspecified atom stereocenters. The summed E-state index contributed by atoms with van der Waals surface area (Å²) in [4.78, 5) is 24.7. The Bertz CT molecular complexity index is 1020. The maximum Gasteiger partial charge on any atom is 0.311 e. The van der Waals surface area contributed by atoms with Gasteiger partial charge in [0.05, 0.1) is 16.4 Å². The molecular weight excluding hydrogens is 430 g/mol. The second-order valence-corrected chi connectivity index (χ2v) is 9.78. The number of carbonyl (C=O) groups excluding carboxylic acids is 1. The van der Waals surface area contributed by atoms with Crippen LogP contribution < -0.4 is 4.74 Å². The molecule has 1 aromatic carbocycles. The van der Waals surface area contributed by atoms with E-state index in [0.717, 1.165) is 17.4 Å². The van der Waals surface area contributed by atoms with Crippen molar-refractivity contribution in [2.45, 2.75) is 4.21 Å². The average Bonchev–Trinajstić information content (AvgIpc) is 3.14. The molecule has 28 heavy (non-hydrogen) atoms. The molecule has 0 spiro atoms. The molecule has 0 saturated carbocycles. The second-order valence-electron chi connectivity index (χ2n) is 5.90. The van der Waals surface area contributed by atoms with E-state index in [9.17, 15) is 23.3 Å². The summed E-state index contributed by atoms with van der Waals surface area (Å²) in [7, 11) is -2.35. The molecule has 1 saturated heterocycles. The van der Waals surface area contributed by atoms with E-state index >= 15 is 0 Å². The summed E-state index contributed by atoms with van der Waals surface area (Å²) in [5, 5.41) is 11.1. The van der Waals surface area contributed by atoms with E-state index in [1.165, 1.54) is 40.6 Å². The predicted molar refractivity (Wildman–Crippen MR) is 104 cm³/mol. The van der Waals surface area contributed by atoms with Crippen molar-refractivity contribution in [3.63, 3.8) is 0 Å². The average molecular weight is 446 g/mol. The van der Waals surface area contributed by atoms with Gasteiger partial charge in [-0.25, -0.2) is 8.42 Å². The molecule has 1 aromatic heterocycles. The molecular formula is C16H16ClN3O6S2.